The number of aliphatic hydroxyl groups is 2. The van der Waals surface area contributed by atoms with Gasteiger partial charge in [-0.2, -0.15) is 0 Å². The summed E-state index contributed by atoms with van der Waals surface area (Å²) in [4.78, 5) is 127. The molecule has 0 unspecified atom stereocenters. The van der Waals surface area contributed by atoms with Gasteiger partial charge in [0.2, 0.25) is 11.6 Å². The van der Waals surface area contributed by atoms with Crippen LogP contribution in [-0.4, -0.2) is 115 Å². The smallest absolute Gasteiger partial charge is 0.339 e. The lowest BCUT2D eigenvalue weighted by Gasteiger charge is -2.70. The van der Waals surface area contributed by atoms with E-state index in [1.807, 2.05) is 67.5 Å². The summed E-state index contributed by atoms with van der Waals surface area (Å²) in [5, 5.41) is 40.7. The van der Waals surface area contributed by atoms with Gasteiger partial charge in [-0.15, -0.1) is 0 Å². The molecule has 16 aliphatic carbocycles. The van der Waals surface area contributed by atoms with Crippen LogP contribution in [0.2, 0.25) is 0 Å². The average Bonchev–Trinajstić information content (AvgIpc) is 1.46. The van der Waals surface area contributed by atoms with Crippen molar-refractivity contribution in [2.75, 3.05) is 0 Å². The number of ketones is 4. The third kappa shape index (κ3) is 12.1. The predicted octanol–water partition coefficient (Wildman–Crippen LogP) is 22.5. The molecule has 0 aromatic carbocycles. The van der Waals surface area contributed by atoms with Gasteiger partial charge >= 0.3 is 35.8 Å². The molecular weight excluding hydrogens is 1720 g/mol. The molecule has 20 aliphatic rings. The summed E-state index contributed by atoms with van der Waals surface area (Å²) < 4.78 is 47.9. The quantitative estimate of drug-likeness (QED) is 0.119. The number of aliphatic hydroxyl groups excluding tert-OH is 2. The lowest BCUT2D eigenvalue weighted by molar-refractivity contribution is -0.252. The van der Waals surface area contributed by atoms with Crippen LogP contribution in [0.5, 0.6) is 0 Å². The number of esters is 4. The Morgan fingerprint density at radius 1 is 0.412 bits per heavy atom. The Bertz CT molecular complexity index is 5570. The molecule has 0 bridgehead atoms. The summed E-state index contributed by atoms with van der Waals surface area (Å²) in [5.41, 5.74) is 2.36. The molecule has 30 atom stereocenters. The van der Waals surface area contributed by atoms with Crippen LogP contribution < -0.4 is 0 Å². The standard InChI is InChI=1S/2C29H38O4.2C28H34O7/c2*1-17-18-7-8-21-27(4,19(18)15-20(30)23(17)31)12-14-29(6)22-16-26(3,24(32)33)10-9-25(22,2)11-13-28(21,29)5;2*1-15(29)33-20-13-18-24(2,3)19(30)8-10-25(18,4)17-7-11-26(5)21(16-9-12-32-14-16)34-23(31)22-28(26,35-22)27(17,20)6/h2*7-8,15,22,31H,9-14,16H2,1-6H3,(H,32,33);2*8-10,12,14,17-18,20-22H,7,11,13H2,1-6H3/t2*22-,25-,26-,27+,28-,29+;2*17-,18+,20-,21+,22-,25-,26+,27+,28-/m1111/s1. The van der Waals surface area contributed by atoms with Crippen molar-refractivity contribution in [2.24, 2.45) is 133 Å². The van der Waals surface area contributed by atoms with Gasteiger partial charge in [-0.25, -0.2) is 9.59 Å². The number of fused-ring (bicyclic) bond motifs is 20. The molecule has 2 aromatic rings. The highest BCUT2D eigenvalue weighted by Crippen LogP contribution is 2.85. The number of ether oxygens (including phenoxy) is 6. The number of cyclic esters (lactones) is 2. The largest absolute Gasteiger partial charge is 0.504 e. The van der Waals surface area contributed by atoms with Gasteiger partial charge in [0.05, 0.1) is 35.9 Å². The maximum atomic E-state index is 13.2. The number of hydrogen-bond acceptors (Lipinski definition) is 20. The molecule has 0 radical (unpaired) electrons. The molecule has 14 fully saturated rings. The van der Waals surface area contributed by atoms with Crippen molar-refractivity contribution < 1.29 is 106 Å². The number of carboxylic acid groups (broad SMARTS) is 2. The molecule has 136 heavy (non-hydrogen) atoms. The summed E-state index contributed by atoms with van der Waals surface area (Å²) in [6.45, 7) is 50.5. The molecule has 4 N–H and O–H groups in total. The highest BCUT2D eigenvalue weighted by Gasteiger charge is 2.91. The number of aliphatic carboxylic acids is 2. The van der Waals surface area contributed by atoms with Crippen LogP contribution in [0.3, 0.4) is 0 Å². The predicted molar refractivity (Wildman–Crippen MR) is 505 cm³/mol. The number of furan rings is 2. The topological polar surface area (TPSA) is 340 Å². The van der Waals surface area contributed by atoms with Gasteiger partial charge in [-0.1, -0.05) is 172 Å². The molecule has 22 heteroatoms. The lowest BCUT2D eigenvalue weighted by Crippen LogP contribution is -2.72. The Hall–Kier alpha value is -9.02. The molecule has 2 spiro atoms. The number of carbonyl (C=O) groups is 10. The molecule has 22 rings (SSSR count). The third-order valence-corrected chi connectivity index (χ3v) is 44.5. The van der Waals surface area contributed by atoms with Gasteiger partial charge in [0.1, 0.15) is 35.6 Å². The summed E-state index contributed by atoms with van der Waals surface area (Å²) >= 11 is 0. The first-order chi connectivity index (χ1) is 63.1. The van der Waals surface area contributed by atoms with Crippen molar-refractivity contribution in [1.29, 1.82) is 0 Å². The molecule has 10 saturated carbocycles. The summed E-state index contributed by atoms with van der Waals surface area (Å²) in [6, 6.07) is 3.68. The SMILES string of the molecule is CC(=O)O[C@@H]1C[C@H]2C(C)(C)C(=O)C=C[C@]2(C)[C@H]2CC[C@@]3(C)[C@H](c4ccoc4)OC(=O)[C@H]4O[C@]43[C@@]21C.CC(=O)O[C@@H]1C[C@H]2C(C)(C)C(=O)C=C[C@]2(C)[C@H]2CC[C@@]3(C)[C@H](c4ccoc4)OC(=O)[C@H]4O[C@]43[C@@]21C.CC1=C(O)C(=O)C=C2C1=CC=C1[C@@]2(C)CC[C@@]2(C)[C@@H]3C[C@](C)(C(=O)O)CC[C@]3(C)CC[C@]12C.CC1=C(O)C(=O)C=C2C1=CC=C1[C@@]2(C)CC[C@@]2(C)[C@@H]3C[C@](C)(C(=O)O)CC[C@]3(C)CC[C@]12C. The van der Waals surface area contributed by atoms with Crippen molar-refractivity contribution >= 4 is 58.9 Å². The van der Waals surface area contributed by atoms with Crippen LogP contribution in [-0.2, 0) is 76.4 Å². The van der Waals surface area contributed by atoms with Gasteiger partial charge in [0.25, 0.3) is 0 Å². The van der Waals surface area contributed by atoms with Crippen LogP contribution in [0.25, 0.3) is 0 Å². The first-order valence-corrected chi connectivity index (χ1v) is 50.4. The Morgan fingerprint density at radius 2 is 0.765 bits per heavy atom. The van der Waals surface area contributed by atoms with Crippen molar-refractivity contribution in [1.82, 2.24) is 0 Å². The van der Waals surface area contributed by atoms with Crippen LogP contribution in [0.15, 0.2) is 163 Å². The minimum atomic E-state index is -0.853. The van der Waals surface area contributed by atoms with E-state index >= 15 is 0 Å². The van der Waals surface area contributed by atoms with Gasteiger partial charge < -0.3 is 57.7 Å². The molecule has 732 valence electrons. The van der Waals surface area contributed by atoms with E-state index in [0.717, 1.165) is 149 Å². The molecule has 0 amide bonds. The average molecular weight is 1870 g/mol. The van der Waals surface area contributed by atoms with E-state index in [1.165, 1.54) is 25.0 Å². The van der Waals surface area contributed by atoms with Gasteiger partial charge in [0.15, 0.2) is 35.3 Å². The van der Waals surface area contributed by atoms with Crippen molar-refractivity contribution in [3.63, 3.8) is 0 Å². The van der Waals surface area contributed by atoms with Crippen molar-refractivity contribution in [2.45, 2.75) is 342 Å². The number of carbonyl (C=O) groups excluding carboxylic acids is 8. The highest BCUT2D eigenvalue weighted by atomic mass is 16.7. The summed E-state index contributed by atoms with van der Waals surface area (Å²) in [6.07, 6.45) is 40.3. The number of carboxylic acids is 2. The molecule has 2 aromatic heterocycles. The fourth-order valence-electron chi connectivity index (χ4n) is 35.7. The van der Waals surface area contributed by atoms with E-state index in [2.05, 4.69) is 133 Å². The zero-order valence-corrected chi connectivity index (χ0v) is 84.4. The number of epoxide rings is 2. The normalized spacial score (nSPS) is 48.0. The fraction of sp³-hybridized carbons (Fsp3) is 0.667. The first kappa shape index (κ1) is 95.9. The molecular formula is C114H144O22. The highest BCUT2D eigenvalue weighted by molar-refractivity contribution is 6.07. The summed E-state index contributed by atoms with van der Waals surface area (Å²) in [7, 11) is 0. The van der Waals surface area contributed by atoms with E-state index in [0.29, 0.717) is 35.8 Å². The number of rotatable bonds is 6. The molecule has 4 saturated heterocycles. The Balaban J connectivity index is 0.000000116. The second-order valence-electron chi connectivity index (χ2n) is 51.0. The molecule has 6 heterocycles. The van der Waals surface area contributed by atoms with Crippen LogP contribution >= 0.6 is 0 Å². The number of allylic oxidation sites excluding steroid dienone is 18. The van der Waals surface area contributed by atoms with E-state index in [1.54, 1.807) is 49.4 Å². The molecule has 4 aliphatic heterocycles. The second kappa shape index (κ2) is 29.8. The minimum Gasteiger partial charge on any atom is -0.504 e. The van der Waals surface area contributed by atoms with E-state index in [-0.39, 0.29) is 136 Å². The van der Waals surface area contributed by atoms with Crippen LogP contribution in [0, 0.1) is 133 Å². The van der Waals surface area contributed by atoms with Gasteiger partial charge in [0, 0.05) is 79.4 Å². The Morgan fingerprint density at radius 3 is 1.10 bits per heavy atom. The van der Waals surface area contributed by atoms with Crippen LogP contribution in [0.4, 0.5) is 0 Å². The molecule has 22 nitrogen and oxygen atoms in total. The van der Waals surface area contributed by atoms with Gasteiger partial charge in [-0.3, -0.25) is 38.4 Å². The maximum absolute atomic E-state index is 13.2. The summed E-state index contributed by atoms with van der Waals surface area (Å²) in [5.74, 6) is -2.67. The monoisotopic (exact) mass is 1870 g/mol. The van der Waals surface area contributed by atoms with Crippen molar-refractivity contribution in [3.05, 3.63) is 165 Å². The zero-order chi connectivity index (χ0) is 98.7. The van der Waals surface area contributed by atoms with Crippen LogP contribution in [0.1, 0.15) is 318 Å². The Labute approximate surface area is 800 Å². The Kier molecular flexibility index (Phi) is 21.0. The minimum absolute atomic E-state index is 0.0000746. The third-order valence-electron chi connectivity index (χ3n) is 44.5. The van der Waals surface area contributed by atoms with Gasteiger partial charge in [-0.05, 0) is 294 Å². The van der Waals surface area contributed by atoms with E-state index < -0.39 is 103 Å². The van der Waals surface area contributed by atoms with Crippen molar-refractivity contribution in [3.8, 4) is 0 Å². The maximum Gasteiger partial charge on any atom is 0.339 e. The van der Waals surface area contributed by atoms with E-state index in [4.69, 9.17) is 37.3 Å². The van der Waals surface area contributed by atoms with E-state index in [9.17, 15) is 68.4 Å². The fourth-order valence-corrected chi connectivity index (χ4v) is 35.7. The second-order valence-corrected chi connectivity index (χ2v) is 51.0. The zero-order valence-electron chi connectivity index (χ0n) is 84.4. The number of hydrogen-bond donors (Lipinski definition) is 4. The first-order valence-electron chi connectivity index (χ1n) is 50.4. The lowest BCUT2D eigenvalue weighted by atomic mass is 9.34.